The van der Waals surface area contributed by atoms with Gasteiger partial charge in [0.2, 0.25) is 5.91 Å². The standard InChI is InChI=1S/C16H26N2O3/c1-12(14(17)13-7-5-4-6-8-13)15(19)18-11-16(2,20)9-10-21-3/h4-8,12,14,20H,9-11,17H2,1-3H3,(H,18,19). The molecular weight excluding hydrogens is 268 g/mol. The highest BCUT2D eigenvalue weighted by Gasteiger charge is 2.25. The van der Waals surface area contributed by atoms with Crippen molar-refractivity contribution in [2.75, 3.05) is 20.3 Å². The molecule has 0 bridgehead atoms. The Bertz CT molecular complexity index is 434. The van der Waals surface area contributed by atoms with Crippen LogP contribution in [0.3, 0.4) is 0 Å². The summed E-state index contributed by atoms with van der Waals surface area (Å²) in [7, 11) is 1.58. The highest BCUT2D eigenvalue weighted by Crippen LogP contribution is 2.19. The normalized spacial score (nSPS) is 16.8. The van der Waals surface area contributed by atoms with Crippen molar-refractivity contribution in [2.45, 2.75) is 31.9 Å². The molecule has 21 heavy (non-hydrogen) atoms. The molecule has 0 saturated heterocycles. The van der Waals surface area contributed by atoms with Crippen LogP contribution in [-0.2, 0) is 9.53 Å². The molecule has 3 unspecified atom stereocenters. The van der Waals surface area contributed by atoms with E-state index in [0.717, 1.165) is 5.56 Å². The van der Waals surface area contributed by atoms with Crippen molar-refractivity contribution in [3.63, 3.8) is 0 Å². The van der Waals surface area contributed by atoms with Gasteiger partial charge in [-0.3, -0.25) is 4.79 Å². The van der Waals surface area contributed by atoms with E-state index in [4.69, 9.17) is 10.5 Å². The SMILES string of the molecule is COCCC(C)(O)CNC(=O)C(C)C(N)c1ccccc1. The molecule has 0 aliphatic carbocycles. The number of hydrogen-bond donors (Lipinski definition) is 3. The lowest BCUT2D eigenvalue weighted by atomic mass is 9.94. The average Bonchev–Trinajstić information content (AvgIpc) is 2.50. The minimum atomic E-state index is -0.984. The molecule has 1 aromatic carbocycles. The summed E-state index contributed by atoms with van der Waals surface area (Å²) in [6, 6.07) is 9.15. The van der Waals surface area contributed by atoms with Gasteiger partial charge in [0.05, 0.1) is 11.5 Å². The molecule has 0 spiro atoms. The zero-order chi connectivity index (χ0) is 15.9. The van der Waals surface area contributed by atoms with Crippen molar-refractivity contribution in [2.24, 2.45) is 11.7 Å². The Kier molecular flexibility index (Phi) is 6.81. The van der Waals surface area contributed by atoms with Crippen LogP contribution in [0.5, 0.6) is 0 Å². The zero-order valence-electron chi connectivity index (χ0n) is 13.0. The topological polar surface area (TPSA) is 84.6 Å². The van der Waals surface area contributed by atoms with Crippen LogP contribution >= 0.6 is 0 Å². The monoisotopic (exact) mass is 294 g/mol. The van der Waals surface area contributed by atoms with E-state index < -0.39 is 5.60 Å². The van der Waals surface area contributed by atoms with Crippen LogP contribution in [0.1, 0.15) is 31.9 Å². The molecule has 5 heteroatoms. The Morgan fingerprint density at radius 3 is 2.62 bits per heavy atom. The number of rotatable bonds is 8. The van der Waals surface area contributed by atoms with Crippen LogP contribution in [0.15, 0.2) is 30.3 Å². The molecule has 0 fully saturated rings. The number of carbonyl (C=O) groups is 1. The van der Waals surface area contributed by atoms with Gasteiger partial charge in [0.25, 0.3) is 0 Å². The molecule has 3 atom stereocenters. The highest BCUT2D eigenvalue weighted by molar-refractivity contribution is 5.79. The first-order valence-corrected chi connectivity index (χ1v) is 7.17. The molecule has 1 aromatic rings. The number of aliphatic hydroxyl groups is 1. The van der Waals surface area contributed by atoms with Gasteiger partial charge in [-0.25, -0.2) is 0 Å². The van der Waals surface area contributed by atoms with Gasteiger partial charge in [-0.15, -0.1) is 0 Å². The van der Waals surface area contributed by atoms with E-state index in [-0.39, 0.29) is 24.4 Å². The maximum absolute atomic E-state index is 12.1. The number of carbonyl (C=O) groups excluding carboxylic acids is 1. The van der Waals surface area contributed by atoms with Crippen LogP contribution < -0.4 is 11.1 Å². The summed E-state index contributed by atoms with van der Waals surface area (Å²) in [4.78, 5) is 12.1. The Morgan fingerprint density at radius 2 is 2.05 bits per heavy atom. The summed E-state index contributed by atoms with van der Waals surface area (Å²) < 4.78 is 4.94. The third-order valence-corrected chi connectivity index (χ3v) is 3.62. The van der Waals surface area contributed by atoms with Crippen molar-refractivity contribution in [3.8, 4) is 0 Å². The maximum Gasteiger partial charge on any atom is 0.224 e. The fourth-order valence-corrected chi connectivity index (χ4v) is 1.98. The fourth-order valence-electron chi connectivity index (χ4n) is 1.98. The van der Waals surface area contributed by atoms with Crippen LogP contribution in [0, 0.1) is 5.92 Å². The van der Waals surface area contributed by atoms with Gasteiger partial charge in [0, 0.05) is 32.7 Å². The lowest BCUT2D eigenvalue weighted by molar-refractivity contribution is -0.126. The third kappa shape index (κ3) is 5.83. The van der Waals surface area contributed by atoms with E-state index in [1.165, 1.54) is 0 Å². The van der Waals surface area contributed by atoms with E-state index in [2.05, 4.69) is 5.32 Å². The molecule has 118 valence electrons. The van der Waals surface area contributed by atoms with Crippen molar-refractivity contribution >= 4 is 5.91 Å². The Balaban J connectivity index is 2.51. The Labute approximate surface area is 126 Å². The molecule has 0 aliphatic rings. The lowest BCUT2D eigenvalue weighted by Crippen LogP contribution is -2.44. The van der Waals surface area contributed by atoms with E-state index in [9.17, 15) is 9.90 Å². The predicted octanol–water partition coefficient (Wildman–Crippen LogP) is 1.23. The molecule has 0 heterocycles. The largest absolute Gasteiger partial charge is 0.388 e. The number of ether oxygens (including phenoxy) is 1. The second kappa shape index (κ2) is 8.12. The van der Waals surface area contributed by atoms with E-state index in [1.807, 2.05) is 30.3 Å². The summed E-state index contributed by atoms with van der Waals surface area (Å²) in [5, 5.41) is 12.9. The molecule has 0 aromatic heterocycles. The molecule has 0 aliphatic heterocycles. The van der Waals surface area contributed by atoms with E-state index in [1.54, 1.807) is 21.0 Å². The summed E-state index contributed by atoms with van der Waals surface area (Å²) in [5.41, 5.74) is 6.05. The van der Waals surface area contributed by atoms with Gasteiger partial charge in [0.15, 0.2) is 0 Å². The third-order valence-electron chi connectivity index (χ3n) is 3.62. The number of benzene rings is 1. The van der Waals surface area contributed by atoms with Gasteiger partial charge in [-0.1, -0.05) is 37.3 Å². The minimum Gasteiger partial charge on any atom is -0.388 e. The number of hydrogen-bond acceptors (Lipinski definition) is 4. The first-order chi connectivity index (χ1) is 9.87. The first-order valence-electron chi connectivity index (χ1n) is 7.17. The second-order valence-corrected chi connectivity index (χ2v) is 5.68. The number of methoxy groups -OCH3 is 1. The van der Waals surface area contributed by atoms with Crippen LogP contribution in [0.4, 0.5) is 0 Å². The average molecular weight is 294 g/mol. The summed E-state index contributed by atoms with van der Waals surface area (Å²) in [6.07, 6.45) is 0.461. The maximum atomic E-state index is 12.1. The molecule has 0 radical (unpaired) electrons. The quantitative estimate of drug-likeness (QED) is 0.673. The zero-order valence-corrected chi connectivity index (χ0v) is 13.0. The van der Waals surface area contributed by atoms with Gasteiger partial charge in [-0.05, 0) is 12.5 Å². The summed E-state index contributed by atoms with van der Waals surface area (Å²) >= 11 is 0. The minimum absolute atomic E-state index is 0.163. The van der Waals surface area contributed by atoms with Crippen molar-refractivity contribution in [3.05, 3.63) is 35.9 Å². The Hall–Kier alpha value is -1.43. The van der Waals surface area contributed by atoms with E-state index >= 15 is 0 Å². The Morgan fingerprint density at radius 1 is 1.43 bits per heavy atom. The molecule has 1 rings (SSSR count). The number of nitrogens with one attached hydrogen (secondary N) is 1. The molecule has 0 saturated carbocycles. The van der Waals surface area contributed by atoms with E-state index in [0.29, 0.717) is 13.0 Å². The van der Waals surface area contributed by atoms with Gasteiger partial charge < -0.3 is 20.9 Å². The summed E-state index contributed by atoms with van der Waals surface area (Å²) in [6.45, 7) is 4.09. The van der Waals surface area contributed by atoms with Crippen molar-refractivity contribution in [1.29, 1.82) is 0 Å². The lowest BCUT2D eigenvalue weighted by Gasteiger charge is -2.25. The van der Waals surface area contributed by atoms with Gasteiger partial charge in [0.1, 0.15) is 0 Å². The first kappa shape index (κ1) is 17.6. The number of amides is 1. The highest BCUT2D eigenvalue weighted by atomic mass is 16.5. The molecule has 5 nitrogen and oxygen atoms in total. The predicted molar refractivity (Wildman–Crippen MR) is 82.7 cm³/mol. The van der Waals surface area contributed by atoms with Crippen LogP contribution in [-0.4, -0.2) is 36.9 Å². The fraction of sp³-hybridized carbons (Fsp3) is 0.562. The molecule has 1 amide bonds. The smallest absolute Gasteiger partial charge is 0.224 e. The van der Waals surface area contributed by atoms with Crippen LogP contribution in [0.2, 0.25) is 0 Å². The molecular formula is C16H26N2O3. The molecule has 4 N–H and O–H groups in total. The van der Waals surface area contributed by atoms with Crippen molar-refractivity contribution in [1.82, 2.24) is 5.32 Å². The van der Waals surface area contributed by atoms with Crippen LogP contribution in [0.25, 0.3) is 0 Å². The van der Waals surface area contributed by atoms with Crippen molar-refractivity contribution < 1.29 is 14.6 Å². The van der Waals surface area contributed by atoms with Gasteiger partial charge >= 0.3 is 0 Å². The number of nitrogens with two attached hydrogens (primary N) is 1. The summed E-state index contributed by atoms with van der Waals surface area (Å²) in [5.74, 6) is -0.533. The second-order valence-electron chi connectivity index (χ2n) is 5.68. The van der Waals surface area contributed by atoms with Gasteiger partial charge in [-0.2, -0.15) is 0 Å².